The maximum Gasteiger partial charge on any atom is 1.00 e. The monoisotopic (exact) mass is 1200 g/mol. The van der Waals surface area contributed by atoms with Crippen LogP contribution in [0.3, 0.4) is 0 Å². The zero-order valence-corrected chi connectivity index (χ0v) is 56.3. The van der Waals surface area contributed by atoms with Crippen LogP contribution >= 0.6 is 0 Å². The summed E-state index contributed by atoms with van der Waals surface area (Å²) in [6.45, 7) is 9.71. The summed E-state index contributed by atoms with van der Waals surface area (Å²) in [4.78, 5) is 11.5. The Labute approximate surface area is 575 Å². The smallest absolute Gasteiger partial charge is 0.744 e. The van der Waals surface area contributed by atoms with Gasteiger partial charge in [0.25, 0.3) is 0 Å². The molecule has 1 N–H and O–H groups in total. The van der Waals surface area contributed by atoms with Gasteiger partial charge in [-0.25, -0.2) is 33.7 Å². The Hall–Kier alpha value is -1.73. The molecule has 2 aliphatic heterocycles. The standard InChI is InChI=1S/C50H51N7O13S4.3K/c1-30-52-54-48(55-53-30)32-18-16-31(17-19-32)29-51-45(58)15-11-8-12-24-57-40-23-21-36-38(26-34(72(62,63)64)28-42(36)74(68,69)70)47(40)50(4,5)44(57)14-10-7-9-13-43-49(2,3)46-37-25-33(71(59,60)61)27-41(73(65,66)67)35(37)20-22-39(46)56(43)6;;;/h7,9-10,13-14,16-23,25-28H,8,11-12,15,24,29H2,1-6H3,(H4-,51,58,59,60,61,62,63,64,65,66,67,68,69,70);;;/q;3*+1/p-3. The molecule has 2 aliphatic rings. The first kappa shape index (κ1) is 66.1. The first-order valence-corrected chi connectivity index (χ1v) is 28.5. The summed E-state index contributed by atoms with van der Waals surface area (Å²) in [5, 5.41) is 19.0. The van der Waals surface area contributed by atoms with Gasteiger partial charge in [-0.1, -0.05) is 68.8 Å². The average molecular weight is 1200 g/mol. The minimum Gasteiger partial charge on any atom is -0.744 e. The summed E-state index contributed by atoms with van der Waals surface area (Å²) in [7, 11) is -19.1. The molecule has 1 amide bonds. The van der Waals surface area contributed by atoms with Crippen molar-refractivity contribution in [1.29, 1.82) is 0 Å². The summed E-state index contributed by atoms with van der Waals surface area (Å²) in [6.07, 6.45) is 10.8. The van der Waals surface area contributed by atoms with E-state index in [0.29, 0.717) is 90.0 Å². The number of fused-ring (bicyclic) bond motifs is 6. The molecule has 6 aromatic rings. The van der Waals surface area contributed by atoms with E-state index >= 15 is 0 Å². The van der Waals surface area contributed by atoms with Gasteiger partial charge in [0.15, 0.2) is 11.5 Å². The quantitative estimate of drug-likeness (QED) is 0.0329. The molecule has 77 heavy (non-hydrogen) atoms. The van der Waals surface area contributed by atoms with Gasteiger partial charge in [-0.2, -0.15) is 4.58 Å². The van der Waals surface area contributed by atoms with Crippen LogP contribution in [0.1, 0.15) is 75.9 Å². The molecule has 0 aliphatic carbocycles. The second-order valence-corrected chi connectivity index (χ2v) is 24.4. The predicted molar refractivity (Wildman–Crippen MR) is 268 cm³/mol. The van der Waals surface area contributed by atoms with Crippen molar-refractivity contribution in [2.75, 3.05) is 18.5 Å². The second-order valence-electron chi connectivity index (χ2n) is 19.0. The summed E-state index contributed by atoms with van der Waals surface area (Å²) < 4.78 is 150. The number of carbonyl (C=O) groups is 1. The molecule has 8 rings (SSSR count). The van der Waals surface area contributed by atoms with Crippen LogP contribution in [0.15, 0.2) is 128 Å². The maximum atomic E-state index is 12.9. The Bertz CT molecular complexity index is 3930. The Morgan fingerprint density at radius 1 is 0.636 bits per heavy atom. The fourth-order valence-electron chi connectivity index (χ4n) is 9.92. The van der Waals surface area contributed by atoms with Crippen molar-refractivity contribution in [3.8, 4) is 11.4 Å². The summed E-state index contributed by atoms with van der Waals surface area (Å²) >= 11 is 0. The van der Waals surface area contributed by atoms with Crippen molar-refractivity contribution < 1.29 is 215 Å². The summed E-state index contributed by atoms with van der Waals surface area (Å²) in [6, 6.07) is 16.7. The normalized spacial score (nSPS) is 15.7. The number of nitrogens with one attached hydrogen (secondary N) is 1. The SMILES string of the molecule is Cc1nnc(-c2ccc(CNC(=O)CCCCCN3/C(=C/C=C/C=C/C4=[N+](C)c5ccc6c(S(=O)(=O)[O-])cc(S(=O)(=O)[O-])cc6c5C4(C)C)C(C)(C)c4c3ccc3c(S(=O)(=O)[O-])cc(S(=O)(=O)[O-])cc43)cc2)nn1.[K+].[K+].[K+]. The molecule has 27 heteroatoms. The van der Waals surface area contributed by atoms with Gasteiger partial charge in [0.2, 0.25) is 17.4 Å². The molecular weight excluding hydrogens is 1150 g/mol. The number of carbonyl (C=O) groups excluding carboxylic acids is 1. The zero-order chi connectivity index (χ0) is 53.9. The number of anilines is 1. The number of benzene rings is 5. The van der Waals surface area contributed by atoms with Crippen LogP contribution in [-0.2, 0) is 62.6 Å². The third kappa shape index (κ3) is 14.2. The van der Waals surface area contributed by atoms with Crippen LogP contribution in [0.4, 0.5) is 11.4 Å². The number of aromatic nitrogens is 4. The van der Waals surface area contributed by atoms with Crippen LogP contribution in [0, 0.1) is 6.92 Å². The third-order valence-electron chi connectivity index (χ3n) is 13.3. The second kappa shape index (κ2) is 25.4. The van der Waals surface area contributed by atoms with Crippen LogP contribution in [0.5, 0.6) is 0 Å². The van der Waals surface area contributed by atoms with Gasteiger partial charge in [0.1, 0.15) is 47.5 Å². The number of unbranched alkanes of at least 4 members (excludes halogenated alkanes) is 2. The largest absolute Gasteiger partial charge is 1.00 e. The van der Waals surface area contributed by atoms with E-state index in [1.165, 1.54) is 12.1 Å². The van der Waals surface area contributed by atoms with Gasteiger partial charge in [-0.15, -0.1) is 20.4 Å². The topological polar surface area (TPSA) is 316 Å². The van der Waals surface area contributed by atoms with Gasteiger partial charge in [0.05, 0.1) is 25.0 Å². The maximum absolute atomic E-state index is 12.9. The fourth-order valence-corrected chi connectivity index (χ4v) is 12.6. The van der Waals surface area contributed by atoms with Crippen molar-refractivity contribution >= 4 is 85.0 Å². The van der Waals surface area contributed by atoms with Crippen molar-refractivity contribution in [1.82, 2.24) is 25.7 Å². The molecule has 5 aromatic carbocycles. The van der Waals surface area contributed by atoms with Crippen LogP contribution in [0.25, 0.3) is 32.9 Å². The number of nitrogens with zero attached hydrogens (tertiary/aromatic N) is 6. The van der Waals surface area contributed by atoms with Gasteiger partial charge in [-0.05, 0) is 103 Å². The molecular formula is C50H48K3N7O13S4. The van der Waals surface area contributed by atoms with E-state index in [4.69, 9.17) is 0 Å². The minimum absolute atomic E-state index is 0. The van der Waals surface area contributed by atoms with E-state index in [-0.39, 0.29) is 188 Å². The Morgan fingerprint density at radius 2 is 1.18 bits per heavy atom. The molecule has 0 atom stereocenters. The molecule has 0 spiro atoms. The van der Waals surface area contributed by atoms with Crippen molar-refractivity contribution in [2.24, 2.45) is 0 Å². The van der Waals surface area contributed by atoms with E-state index in [0.717, 1.165) is 23.3 Å². The van der Waals surface area contributed by atoms with Crippen LogP contribution in [0.2, 0.25) is 0 Å². The van der Waals surface area contributed by atoms with Gasteiger partial charge >= 0.3 is 154 Å². The van der Waals surface area contributed by atoms with Gasteiger partial charge < -0.3 is 28.4 Å². The van der Waals surface area contributed by atoms with Gasteiger partial charge in [0, 0.05) is 65.0 Å². The third-order valence-corrected chi connectivity index (χ3v) is 16.7. The number of rotatable bonds is 16. The number of hydrogen-bond acceptors (Lipinski definition) is 18. The summed E-state index contributed by atoms with van der Waals surface area (Å²) in [5.41, 5.74) is 3.16. The molecule has 0 radical (unpaired) electrons. The molecule has 3 heterocycles. The molecule has 388 valence electrons. The molecule has 0 unspecified atom stereocenters. The summed E-state index contributed by atoms with van der Waals surface area (Å²) in [5.74, 6) is 0.686. The van der Waals surface area contributed by atoms with Crippen LogP contribution in [-0.4, -0.2) is 102 Å². The fraction of sp³-hybridized carbons (Fsp3) is 0.280. The predicted octanol–water partition coefficient (Wildman–Crippen LogP) is -3.15. The number of aryl methyl sites for hydroxylation is 1. The first-order valence-electron chi connectivity index (χ1n) is 22.9. The van der Waals surface area contributed by atoms with Crippen molar-refractivity contribution in [2.45, 2.75) is 97.3 Å². The van der Waals surface area contributed by atoms with Crippen molar-refractivity contribution in [3.05, 3.63) is 131 Å². The van der Waals surface area contributed by atoms with E-state index < -0.39 is 70.9 Å². The average Bonchev–Trinajstić information content (AvgIpc) is 3.66. The Balaban J connectivity index is 0.00000364. The zero-order valence-electron chi connectivity index (χ0n) is 43.7. The molecule has 0 fully saturated rings. The molecule has 0 saturated heterocycles. The molecule has 0 bridgehead atoms. The Kier molecular flexibility index (Phi) is 21.8. The van der Waals surface area contributed by atoms with Crippen LogP contribution < -0.4 is 164 Å². The molecule has 1 aromatic heterocycles. The number of amides is 1. The van der Waals surface area contributed by atoms with Crippen molar-refractivity contribution in [3.63, 3.8) is 0 Å². The molecule has 0 saturated carbocycles. The van der Waals surface area contributed by atoms with E-state index in [1.54, 1.807) is 50.4 Å². The minimum atomic E-state index is -5.26. The molecule has 20 nitrogen and oxygen atoms in total. The number of hydrogen-bond donors (Lipinski definition) is 1. The van der Waals surface area contributed by atoms with Gasteiger partial charge in [-0.3, -0.25) is 4.79 Å². The van der Waals surface area contributed by atoms with E-state index in [9.17, 15) is 56.7 Å². The van der Waals surface area contributed by atoms with E-state index in [1.807, 2.05) is 67.5 Å². The number of allylic oxidation sites excluding steroid dienone is 6. The van der Waals surface area contributed by atoms with E-state index in [2.05, 4.69) is 25.7 Å². The first-order chi connectivity index (χ1) is 34.5. The Morgan fingerprint density at radius 3 is 1.73 bits per heavy atom.